The number of sulfonamides is 1. The first-order valence-electron chi connectivity index (χ1n) is 6.75. The van der Waals surface area contributed by atoms with Gasteiger partial charge in [0.2, 0.25) is 0 Å². The number of benzene rings is 1. The van der Waals surface area contributed by atoms with Crippen molar-refractivity contribution >= 4 is 10.0 Å². The van der Waals surface area contributed by atoms with Gasteiger partial charge >= 0.3 is 0 Å². The minimum atomic E-state index is -3.72. The number of imidazole rings is 1. The summed E-state index contributed by atoms with van der Waals surface area (Å²) in [5, 5.41) is 0.0509. The Balaban J connectivity index is 2.33. The monoisotopic (exact) mass is 308 g/mol. The van der Waals surface area contributed by atoms with Gasteiger partial charge in [-0.1, -0.05) is 37.3 Å². The van der Waals surface area contributed by atoms with Crippen molar-refractivity contribution in [1.29, 1.82) is 0 Å². The fraction of sp³-hybridized carbons (Fsp3) is 0.357. The molecule has 4 N–H and O–H groups in total. The first kappa shape index (κ1) is 15.7. The summed E-state index contributed by atoms with van der Waals surface area (Å²) in [6, 6.07) is 9.27. The summed E-state index contributed by atoms with van der Waals surface area (Å²) in [7, 11) is -3.72. The van der Waals surface area contributed by atoms with Crippen LogP contribution in [0.2, 0.25) is 0 Å². The van der Waals surface area contributed by atoms with E-state index < -0.39 is 15.6 Å². The van der Waals surface area contributed by atoms with Gasteiger partial charge in [-0.15, -0.1) is 0 Å². The second-order valence-corrected chi connectivity index (χ2v) is 6.71. The lowest BCUT2D eigenvalue weighted by atomic mass is 9.94. The molecule has 0 bridgehead atoms. The van der Waals surface area contributed by atoms with Gasteiger partial charge in [-0.2, -0.15) is 4.72 Å². The fourth-order valence-corrected chi connectivity index (χ4v) is 3.38. The number of nitrogens with one attached hydrogen (secondary N) is 2. The molecule has 1 heterocycles. The molecule has 0 aliphatic rings. The van der Waals surface area contributed by atoms with E-state index in [9.17, 15) is 8.42 Å². The summed E-state index contributed by atoms with van der Waals surface area (Å²) in [6.45, 7) is 3.80. The molecule has 2 rings (SSSR count). The molecule has 1 aromatic heterocycles. The number of nitrogens with two attached hydrogens (primary N) is 1. The number of hydrogen-bond donors (Lipinski definition) is 3. The van der Waals surface area contributed by atoms with E-state index in [4.69, 9.17) is 5.73 Å². The molecule has 0 radical (unpaired) electrons. The summed E-state index contributed by atoms with van der Waals surface area (Å²) in [6.07, 6.45) is 1.96. The molecule has 0 aliphatic heterocycles. The number of nitrogens with zero attached hydrogens (tertiary/aromatic N) is 1. The van der Waals surface area contributed by atoms with Crippen molar-refractivity contribution in [3.05, 3.63) is 47.9 Å². The van der Waals surface area contributed by atoms with Crippen molar-refractivity contribution in [1.82, 2.24) is 14.7 Å². The number of hydrogen-bond acceptors (Lipinski definition) is 4. The SMILES string of the molecule is CCc1ncc(S(=O)(=O)NC(C)(CN)c2ccccc2)[nH]1. The van der Waals surface area contributed by atoms with Crippen molar-refractivity contribution < 1.29 is 8.42 Å². The standard InChI is InChI=1S/C14H20N4O2S/c1-3-12-16-9-13(17-12)21(19,20)18-14(2,10-15)11-7-5-4-6-8-11/h4-9,18H,3,10,15H2,1-2H3,(H,16,17). The Morgan fingerprint density at radius 3 is 2.52 bits per heavy atom. The zero-order valence-corrected chi connectivity index (χ0v) is 12.9. The molecule has 0 spiro atoms. The van der Waals surface area contributed by atoms with Crippen molar-refractivity contribution in [3.63, 3.8) is 0 Å². The Bertz CT molecular complexity index is 697. The summed E-state index contributed by atoms with van der Waals surface area (Å²) >= 11 is 0. The van der Waals surface area contributed by atoms with E-state index in [2.05, 4.69) is 14.7 Å². The number of H-pyrrole nitrogens is 1. The molecular weight excluding hydrogens is 288 g/mol. The van der Waals surface area contributed by atoms with Crippen LogP contribution in [0, 0.1) is 0 Å². The maximum atomic E-state index is 12.5. The van der Waals surface area contributed by atoms with Crippen LogP contribution < -0.4 is 10.5 Å². The van der Waals surface area contributed by atoms with Crippen LogP contribution in [0.5, 0.6) is 0 Å². The number of aromatic nitrogens is 2. The van der Waals surface area contributed by atoms with Crippen LogP contribution in [-0.4, -0.2) is 24.9 Å². The molecule has 1 unspecified atom stereocenters. The van der Waals surface area contributed by atoms with Crippen LogP contribution in [0.15, 0.2) is 41.6 Å². The Labute approximate surface area is 124 Å². The predicted molar refractivity (Wildman–Crippen MR) is 81.1 cm³/mol. The van der Waals surface area contributed by atoms with Gasteiger partial charge in [-0.05, 0) is 12.5 Å². The number of aromatic amines is 1. The normalized spacial score (nSPS) is 14.8. The summed E-state index contributed by atoms with van der Waals surface area (Å²) in [5.41, 5.74) is 5.74. The van der Waals surface area contributed by atoms with Gasteiger partial charge in [0.05, 0.1) is 11.7 Å². The molecular formula is C14H20N4O2S. The molecule has 1 atom stereocenters. The predicted octanol–water partition coefficient (Wildman–Crippen LogP) is 1.12. The fourth-order valence-electron chi connectivity index (χ4n) is 2.04. The van der Waals surface area contributed by atoms with E-state index >= 15 is 0 Å². The van der Waals surface area contributed by atoms with E-state index in [1.807, 2.05) is 37.3 Å². The van der Waals surface area contributed by atoms with E-state index in [1.165, 1.54) is 6.20 Å². The molecule has 21 heavy (non-hydrogen) atoms. The van der Waals surface area contributed by atoms with Crippen LogP contribution >= 0.6 is 0 Å². The highest BCUT2D eigenvalue weighted by Crippen LogP contribution is 2.22. The zero-order valence-electron chi connectivity index (χ0n) is 12.1. The number of aryl methyl sites for hydroxylation is 1. The second kappa shape index (κ2) is 5.97. The molecule has 114 valence electrons. The minimum absolute atomic E-state index is 0.0509. The van der Waals surface area contributed by atoms with Crippen LogP contribution in [0.3, 0.4) is 0 Å². The third kappa shape index (κ3) is 3.31. The van der Waals surface area contributed by atoms with E-state index in [-0.39, 0.29) is 11.6 Å². The highest BCUT2D eigenvalue weighted by molar-refractivity contribution is 7.89. The lowest BCUT2D eigenvalue weighted by Gasteiger charge is -2.29. The Morgan fingerprint density at radius 2 is 2.00 bits per heavy atom. The van der Waals surface area contributed by atoms with Crippen molar-refractivity contribution in [3.8, 4) is 0 Å². The number of rotatable bonds is 6. The van der Waals surface area contributed by atoms with Gasteiger partial charge in [0.15, 0.2) is 5.03 Å². The van der Waals surface area contributed by atoms with E-state index in [0.29, 0.717) is 12.2 Å². The van der Waals surface area contributed by atoms with Gasteiger partial charge in [-0.3, -0.25) is 0 Å². The van der Waals surface area contributed by atoms with Gasteiger partial charge < -0.3 is 10.7 Å². The summed E-state index contributed by atoms with van der Waals surface area (Å²) < 4.78 is 27.6. The smallest absolute Gasteiger partial charge is 0.258 e. The molecule has 6 nitrogen and oxygen atoms in total. The highest BCUT2D eigenvalue weighted by Gasteiger charge is 2.32. The van der Waals surface area contributed by atoms with E-state index in [1.54, 1.807) is 6.92 Å². The van der Waals surface area contributed by atoms with Gasteiger partial charge in [-0.25, -0.2) is 13.4 Å². The first-order chi connectivity index (χ1) is 9.91. The first-order valence-corrected chi connectivity index (χ1v) is 8.23. The maximum absolute atomic E-state index is 12.5. The molecule has 0 fully saturated rings. The third-order valence-corrected chi connectivity index (χ3v) is 4.91. The lowest BCUT2D eigenvalue weighted by molar-refractivity contribution is 0.440. The molecule has 2 aromatic rings. The minimum Gasteiger partial charge on any atom is -0.332 e. The zero-order chi connectivity index (χ0) is 15.5. The molecule has 0 aliphatic carbocycles. The molecule has 1 aromatic carbocycles. The van der Waals surface area contributed by atoms with Gasteiger partial charge in [0, 0.05) is 13.0 Å². The van der Waals surface area contributed by atoms with Gasteiger partial charge in [0.1, 0.15) is 5.82 Å². The van der Waals surface area contributed by atoms with Gasteiger partial charge in [0.25, 0.3) is 10.0 Å². The van der Waals surface area contributed by atoms with Crippen molar-refractivity contribution in [2.45, 2.75) is 30.8 Å². The van der Waals surface area contributed by atoms with E-state index in [0.717, 1.165) is 5.56 Å². The average Bonchev–Trinajstić information content (AvgIpc) is 2.97. The molecule has 7 heteroatoms. The topological polar surface area (TPSA) is 101 Å². The average molecular weight is 308 g/mol. The molecule has 0 saturated carbocycles. The third-order valence-electron chi connectivity index (χ3n) is 3.41. The van der Waals surface area contributed by atoms with Crippen LogP contribution in [0.25, 0.3) is 0 Å². The largest absolute Gasteiger partial charge is 0.332 e. The maximum Gasteiger partial charge on any atom is 0.258 e. The summed E-state index contributed by atoms with van der Waals surface area (Å²) in [5.74, 6) is 0.629. The Morgan fingerprint density at radius 1 is 1.33 bits per heavy atom. The van der Waals surface area contributed by atoms with Crippen molar-refractivity contribution in [2.75, 3.05) is 6.54 Å². The highest BCUT2D eigenvalue weighted by atomic mass is 32.2. The molecule has 0 amide bonds. The van der Waals surface area contributed by atoms with Crippen LogP contribution in [0.1, 0.15) is 25.2 Å². The Hall–Kier alpha value is -1.70. The van der Waals surface area contributed by atoms with Crippen LogP contribution in [-0.2, 0) is 22.0 Å². The van der Waals surface area contributed by atoms with Crippen molar-refractivity contribution in [2.24, 2.45) is 5.73 Å². The quantitative estimate of drug-likeness (QED) is 0.744. The van der Waals surface area contributed by atoms with Crippen LogP contribution in [0.4, 0.5) is 0 Å². The second-order valence-electron chi connectivity index (χ2n) is 5.06. The summed E-state index contributed by atoms with van der Waals surface area (Å²) in [4.78, 5) is 6.82. The molecule has 0 saturated heterocycles. The Kier molecular flexibility index (Phi) is 4.46. The lowest BCUT2D eigenvalue weighted by Crippen LogP contribution is -2.48.